The Bertz CT molecular complexity index is 515. The molecule has 0 amide bonds. The smallest absolute Gasteiger partial charge is 0.314 e. The van der Waals surface area contributed by atoms with E-state index in [-0.39, 0.29) is 12.0 Å². The van der Waals surface area contributed by atoms with E-state index in [0.717, 1.165) is 31.4 Å². The second-order valence-corrected chi connectivity index (χ2v) is 5.52. The average Bonchev–Trinajstić information content (AvgIpc) is 2.61. The standard InChI is InChI=1S/C17H25NO5/c1-20-13-9-11(10-14(21-2)16(13)22-3)15(17(19)23-4)12-7-5-6-8-18-12/h9-10,12,15,18H,5-8H2,1-4H3. The van der Waals surface area contributed by atoms with Gasteiger partial charge in [0, 0.05) is 6.04 Å². The Morgan fingerprint density at radius 2 is 1.74 bits per heavy atom. The molecule has 2 rings (SSSR count). The Hall–Kier alpha value is -1.95. The average molecular weight is 323 g/mol. The number of rotatable bonds is 6. The van der Waals surface area contributed by atoms with Gasteiger partial charge in [-0.1, -0.05) is 6.42 Å². The number of piperidine rings is 1. The van der Waals surface area contributed by atoms with Crippen LogP contribution in [0.1, 0.15) is 30.7 Å². The number of hydrogen-bond donors (Lipinski definition) is 1. The highest BCUT2D eigenvalue weighted by Gasteiger charge is 2.33. The van der Waals surface area contributed by atoms with Gasteiger partial charge in [-0.3, -0.25) is 4.79 Å². The lowest BCUT2D eigenvalue weighted by molar-refractivity contribution is -0.143. The molecule has 1 heterocycles. The molecule has 1 aliphatic rings. The van der Waals surface area contributed by atoms with Crippen LogP contribution in [0, 0.1) is 0 Å². The lowest BCUT2D eigenvalue weighted by atomic mass is 9.86. The van der Waals surface area contributed by atoms with Crippen molar-refractivity contribution >= 4 is 5.97 Å². The number of methoxy groups -OCH3 is 4. The Kier molecular flexibility index (Phi) is 6.10. The summed E-state index contributed by atoms with van der Waals surface area (Å²) in [7, 11) is 6.09. The van der Waals surface area contributed by atoms with Crippen molar-refractivity contribution in [2.45, 2.75) is 31.2 Å². The van der Waals surface area contributed by atoms with Gasteiger partial charge in [0.05, 0.1) is 34.4 Å². The van der Waals surface area contributed by atoms with Gasteiger partial charge in [0.2, 0.25) is 5.75 Å². The summed E-state index contributed by atoms with van der Waals surface area (Å²) in [5.41, 5.74) is 0.797. The van der Waals surface area contributed by atoms with E-state index in [2.05, 4.69) is 5.32 Å². The van der Waals surface area contributed by atoms with Crippen molar-refractivity contribution in [1.29, 1.82) is 0 Å². The molecule has 0 radical (unpaired) electrons. The van der Waals surface area contributed by atoms with E-state index in [1.165, 1.54) is 7.11 Å². The molecule has 1 fully saturated rings. The van der Waals surface area contributed by atoms with Gasteiger partial charge in [-0.05, 0) is 37.1 Å². The Morgan fingerprint density at radius 1 is 1.09 bits per heavy atom. The van der Waals surface area contributed by atoms with Crippen molar-refractivity contribution in [3.05, 3.63) is 17.7 Å². The molecule has 0 bridgehead atoms. The van der Waals surface area contributed by atoms with Crippen LogP contribution in [-0.2, 0) is 9.53 Å². The maximum Gasteiger partial charge on any atom is 0.314 e. The Balaban J connectivity index is 2.46. The van der Waals surface area contributed by atoms with Gasteiger partial charge in [-0.25, -0.2) is 0 Å². The normalized spacial score (nSPS) is 18.9. The van der Waals surface area contributed by atoms with Crippen LogP contribution in [-0.4, -0.2) is 47.0 Å². The van der Waals surface area contributed by atoms with E-state index in [9.17, 15) is 4.79 Å². The highest BCUT2D eigenvalue weighted by molar-refractivity contribution is 5.80. The predicted molar refractivity (Wildman–Crippen MR) is 86.5 cm³/mol. The number of nitrogens with one attached hydrogen (secondary N) is 1. The zero-order valence-corrected chi connectivity index (χ0v) is 14.2. The van der Waals surface area contributed by atoms with Crippen LogP contribution in [0.5, 0.6) is 17.2 Å². The third kappa shape index (κ3) is 3.69. The summed E-state index contributed by atoms with van der Waals surface area (Å²) in [6.07, 6.45) is 3.14. The molecule has 1 aromatic rings. The summed E-state index contributed by atoms with van der Waals surface area (Å²) in [6.45, 7) is 0.905. The first-order valence-corrected chi connectivity index (χ1v) is 7.77. The van der Waals surface area contributed by atoms with Crippen molar-refractivity contribution < 1.29 is 23.7 Å². The zero-order chi connectivity index (χ0) is 16.8. The zero-order valence-electron chi connectivity index (χ0n) is 14.2. The van der Waals surface area contributed by atoms with Gasteiger partial charge < -0.3 is 24.3 Å². The molecule has 1 N–H and O–H groups in total. The Morgan fingerprint density at radius 3 is 2.17 bits per heavy atom. The molecule has 1 saturated heterocycles. The monoisotopic (exact) mass is 323 g/mol. The third-order valence-corrected chi connectivity index (χ3v) is 4.25. The maximum atomic E-state index is 12.4. The largest absolute Gasteiger partial charge is 0.493 e. The predicted octanol–water partition coefficient (Wildman–Crippen LogP) is 2.11. The van der Waals surface area contributed by atoms with Crippen LogP contribution in [0.15, 0.2) is 12.1 Å². The van der Waals surface area contributed by atoms with E-state index in [4.69, 9.17) is 18.9 Å². The highest BCUT2D eigenvalue weighted by Crippen LogP contribution is 2.41. The van der Waals surface area contributed by atoms with E-state index in [1.807, 2.05) is 12.1 Å². The number of benzene rings is 1. The lowest BCUT2D eigenvalue weighted by Gasteiger charge is -2.30. The fourth-order valence-electron chi connectivity index (χ4n) is 3.10. The summed E-state index contributed by atoms with van der Waals surface area (Å²) in [4.78, 5) is 12.4. The molecule has 6 nitrogen and oxygen atoms in total. The molecule has 23 heavy (non-hydrogen) atoms. The Labute approximate surface area is 137 Å². The topological polar surface area (TPSA) is 66.0 Å². The number of carbonyl (C=O) groups excluding carboxylic acids is 1. The van der Waals surface area contributed by atoms with Gasteiger partial charge >= 0.3 is 5.97 Å². The molecule has 0 spiro atoms. The SMILES string of the molecule is COC(=O)C(c1cc(OC)c(OC)c(OC)c1)C1CCCCN1. The third-order valence-electron chi connectivity index (χ3n) is 4.25. The molecular weight excluding hydrogens is 298 g/mol. The summed E-state index contributed by atoms with van der Waals surface area (Å²) in [5.74, 6) is 0.907. The minimum atomic E-state index is -0.408. The molecule has 1 aliphatic heterocycles. The van der Waals surface area contributed by atoms with Gasteiger partial charge in [-0.15, -0.1) is 0 Å². The maximum absolute atomic E-state index is 12.4. The van der Waals surface area contributed by atoms with E-state index in [1.54, 1.807) is 21.3 Å². The van der Waals surface area contributed by atoms with Crippen LogP contribution < -0.4 is 19.5 Å². The number of ether oxygens (including phenoxy) is 4. The fraction of sp³-hybridized carbons (Fsp3) is 0.588. The summed E-state index contributed by atoms with van der Waals surface area (Å²) in [5, 5.41) is 3.42. The summed E-state index contributed by atoms with van der Waals surface area (Å²) < 4.78 is 21.2. The van der Waals surface area contributed by atoms with Crippen LogP contribution in [0.2, 0.25) is 0 Å². The molecule has 128 valence electrons. The van der Waals surface area contributed by atoms with E-state index < -0.39 is 5.92 Å². The molecule has 6 heteroatoms. The van der Waals surface area contributed by atoms with Crippen molar-refractivity contribution in [2.75, 3.05) is 35.0 Å². The first-order valence-electron chi connectivity index (χ1n) is 7.77. The molecule has 2 unspecified atom stereocenters. The second kappa shape index (κ2) is 8.06. The van der Waals surface area contributed by atoms with Gasteiger partial charge in [0.15, 0.2) is 11.5 Å². The summed E-state index contributed by atoms with van der Waals surface area (Å²) in [6, 6.07) is 3.68. The minimum absolute atomic E-state index is 0.0407. The highest BCUT2D eigenvalue weighted by atomic mass is 16.5. The van der Waals surface area contributed by atoms with Crippen LogP contribution in [0.4, 0.5) is 0 Å². The second-order valence-electron chi connectivity index (χ2n) is 5.52. The summed E-state index contributed by atoms with van der Waals surface area (Å²) >= 11 is 0. The fourth-order valence-corrected chi connectivity index (χ4v) is 3.10. The number of carbonyl (C=O) groups is 1. The van der Waals surface area contributed by atoms with Crippen LogP contribution in [0.25, 0.3) is 0 Å². The van der Waals surface area contributed by atoms with Crippen molar-refractivity contribution in [3.63, 3.8) is 0 Å². The van der Waals surface area contributed by atoms with E-state index >= 15 is 0 Å². The van der Waals surface area contributed by atoms with Crippen LogP contribution in [0.3, 0.4) is 0 Å². The van der Waals surface area contributed by atoms with Crippen LogP contribution >= 0.6 is 0 Å². The van der Waals surface area contributed by atoms with Gasteiger partial charge in [0.1, 0.15) is 0 Å². The molecule has 1 aromatic carbocycles. The first-order chi connectivity index (χ1) is 11.2. The molecule has 0 saturated carbocycles. The first kappa shape index (κ1) is 17.4. The molecule has 0 aromatic heterocycles. The van der Waals surface area contributed by atoms with Crippen molar-refractivity contribution in [2.24, 2.45) is 0 Å². The number of esters is 1. The van der Waals surface area contributed by atoms with E-state index in [0.29, 0.717) is 17.2 Å². The van der Waals surface area contributed by atoms with Gasteiger partial charge in [0.25, 0.3) is 0 Å². The van der Waals surface area contributed by atoms with Crippen molar-refractivity contribution in [3.8, 4) is 17.2 Å². The molecular formula is C17H25NO5. The lowest BCUT2D eigenvalue weighted by Crippen LogP contribution is -2.42. The molecule has 0 aliphatic carbocycles. The van der Waals surface area contributed by atoms with Gasteiger partial charge in [-0.2, -0.15) is 0 Å². The number of hydrogen-bond acceptors (Lipinski definition) is 6. The molecule has 2 atom stereocenters. The quantitative estimate of drug-likeness (QED) is 0.809. The van der Waals surface area contributed by atoms with Crippen molar-refractivity contribution in [1.82, 2.24) is 5.32 Å². The minimum Gasteiger partial charge on any atom is -0.493 e.